The van der Waals surface area contributed by atoms with Crippen molar-refractivity contribution in [2.45, 2.75) is 25.3 Å². The highest BCUT2D eigenvalue weighted by Crippen LogP contribution is 2.28. The monoisotopic (exact) mass is 206 g/mol. The zero-order chi connectivity index (χ0) is 10.7. The van der Waals surface area contributed by atoms with Crippen molar-refractivity contribution >= 4 is 11.4 Å². The van der Waals surface area contributed by atoms with Crippen LogP contribution in [-0.2, 0) is 0 Å². The van der Waals surface area contributed by atoms with Gasteiger partial charge in [-0.3, -0.25) is 0 Å². The van der Waals surface area contributed by atoms with Crippen LogP contribution in [0.5, 0.6) is 0 Å². The second kappa shape index (κ2) is 4.53. The van der Waals surface area contributed by atoms with E-state index in [-0.39, 0.29) is 6.61 Å². The minimum absolute atomic E-state index is 0.284. The van der Waals surface area contributed by atoms with Crippen LogP contribution in [0.1, 0.15) is 19.3 Å². The maximum Gasteiger partial charge on any atom is 0.0478 e. The van der Waals surface area contributed by atoms with Gasteiger partial charge in [0.15, 0.2) is 0 Å². The van der Waals surface area contributed by atoms with Crippen LogP contribution in [0.25, 0.3) is 0 Å². The van der Waals surface area contributed by atoms with Crippen molar-refractivity contribution in [2.75, 3.05) is 17.7 Å². The summed E-state index contributed by atoms with van der Waals surface area (Å²) in [6.07, 6.45) is 3.48. The fourth-order valence-electron chi connectivity index (χ4n) is 2.24. The lowest BCUT2D eigenvalue weighted by Gasteiger charge is -2.20. The molecule has 15 heavy (non-hydrogen) atoms. The van der Waals surface area contributed by atoms with Crippen LogP contribution >= 0.6 is 0 Å². The minimum Gasteiger partial charge on any atom is -0.399 e. The van der Waals surface area contributed by atoms with Crippen LogP contribution in [0, 0.1) is 5.92 Å². The summed E-state index contributed by atoms with van der Waals surface area (Å²) in [6.45, 7) is 0.284. The minimum atomic E-state index is 0.284. The van der Waals surface area contributed by atoms with Crippen LogP contribution in [0.3, 0.4) is 0 Å². The van der Waals surface area contributed by atoms with Gasteiger partial charge in [0.05, 0.1) is 0 Å². The van der Waals surface area contributed by atoms with Gasteiger partial charge in [0, 0.05) is 29.9 Å². The molecule has 1 aliphatic rings. The molecule has 1 aromatic rings. The van der Waals surface area contributed by atoms with Gasteiger partial charge in [-0.15, -0.1) is 0 Å². The maximum absolute atomic E-state index is 9.20. The fourth-order valence-corrected chi connectivity index (χ4v) is 2.24. The lowest BCUT2D eigenvalue weighted by molar-refractivity contribution is 0.222. The maximum atomic E-state index is 9.20. The van der Waals surface area contributed by atoms with Gasteiger partial charge in [-0.1, -0.05) is 6.42 Å². The third-order valence-corrected chi connectivity index (χ3v) is 3.16. The zero-order valence-electron chi connectivity index (χ0n) is 8.82. The van der Waals surface area contributed by atoms with Gasteiger partial charge in [0.25, 0.3) is 0 Å². The normalized spacial score (nSPS) is 25.4. The second-order valence-corrected chi connectivity index (χ2v) is 4.25. The number of nitrogens with two attached hydrogens (primary N) is 1. The Morgan fingerprint density at radius 1 is 1.27 bits per heavy atom. The molecule has 1 fully saturated rings. The third kappa shape index (κ3) is 2.42. The predicted molar refractivity (Wildman–Crippen MR) is 62.7 cm³/mol. The highest BCUT2D eigenvalue weighted by Gasteiger charge is 2.26. The lowest BCUT2D eigenvalue weighted by Crippen LogP contribution is -2.26. The first-order chi connectivity index (χ1) is 7.29. The Morgan fingerprint density at radius 3 is 2.67 bits per heavy atom. The number of hydrogen-bond donors (Lipinski definition) is 3. The van der Waals surface area contributed by atoms with Gasteiger partial charge in [0.2, 0.25) is 0 Å². The quantitative estimate of drug-likeness (QED) is 0.661. The molecule has 0 heterocycles. The molecular weight excluding hydrogens is 188 g/mol. The van der Waals surface area contributed by atoms with Crippen LogP contribution < -0.4 is 11.1 Å². The van der Waals surface area contributed by atoms with Crippen molar-refractivity contribution in [2.24, 2.45) is 5.92 Å². The average Bonchev–Trinajstić information content (AvgIpc) is 2.69. The van der Waals surface area contributed by atoms with E-state index in [1.54, 1.807) is 0 Å². The Morgan fingerprint density at radius 2 is 2.00 bits per heavy atom. The van der Waals surface area contributed by atoms with E-state index in [4.69, 9.17) is 5.73 Å². The van der Waals surface area contributed by atoms with Crippen molar-refractivity contribution in [1.29, 1.82) is 0 Å². The number of benzene rings is 1. The summed E-state index contributed by atoms with van der Waals surface area (Å²) in [7, 11) is 0. The number of aliphatic hydroxyl groups is 1. The Labute approximate surface area is 90.3 Å². The second-order valence-electron chi connectivity index (χ2n) is 4.25. The molecule has 1 aromatic carbocycles. The van der Waals surface area contributed by atoms with Gasteiger partial charge in [0.1, 0.15) is 0 Å². The largest absolute Gasteiger partial charge is 0.399 e. The summed E-state index contributed by atoms with van der Waals surface area (Å²) < 4.78 is 0. The Hall–Kier alpha value is -1.22. The highest BCUT2D eigenvalue weighted by molar-refractivity contribution is 5.51. The first kappa shape index (κ1) is 10.3. The number of nitrogens with one attached hydrogen (secondary N) is 1. The van der Waals surface area contributed by atoms with Crippen LogP contribution in [0.4, 0.5) is 11.4 Å². The summed E-state index contributed by atoms with van der Waals surface area (Å²) in [5.74, 6) is 0.405. The van der Waals surface area contributed by atoms with Gasteiger partial charge in [-0.25, -0.2) is 0 Å². The molecule has 2 rings (SSSR count). The number of hydrogen-bond acceptors (Lipinski definition) is 3. The van der Waals surface area contributed by atoms with E-state index in [9.17, 15) is 5.11 Å². The van der Waals surface area contributed by atoms with Gasteiger partial charge in [-0.2, -0.15) is 0 Å². The zero-order valence-corrected chi connectivity index (χ0v) is 8.82. The topological polar surface area (TPSA) is 58.3 Å². The van der Waals surface area contributed by atoms with E-state index < -0.39 is 0 Å². The molecule has 2 atom stereocenters. The third-order valence-electron chi connectivity index (χ3n) is 3.16. The molecule has 3 heteroatoms. The SMILES string of the molecule is Nc1ccc(NC2CCCC2CO)cc1. The van der Waals surface area contributed by atoms with E-state index >= 15 is 0 Å². The Balaban J connectivity index is 1.99. The lowest BCUT2D eigenvalue weighted by atomic mass is 10.0. The van der Waals surface area contributed by atoms with Gasteiger partial charge < -0.3 is 16.2 Å². The van der Waals surface area contributed by atoms with E-state index in [0.29, 0.717) is 12.0 Å². The summed E-state index contributed by atoms with van der Waals surface area (Å²) in [6, 6.07) is 8.18. The van der Waals surface area contributed by atoms with Crippen molar-refractivity contribution in [3.05, 3.63) is 24.3 Å². The average molecular weight is 206 g/mol. The van der Waals surface area contributed by atoms with E-state index in [1.165, 1.54) is 6.42 Å². The van der Waals surface area contributed by atoms with Crippen molar-refractivity contribution in [1.82, 2.24) is 0 Å². The molecule has 0 aliphatic heterocycles. The predicted octanol–water partition coefficient (Wildman–Crippen LogP) is 1.84. The van der Waals surface area contributed by atoms with E-state index in [0.717, 1.165) is 24.2 Å². The summed E-state index contributed by atoms with van der Waals surface area (Å²) in [5, 5.41) is 12.7. The number of anilines is 2. The van der Waals surface area contributed by atoms with Crippen LogP contribution in [0.2, 0.25) is 0 Å². The molecule has 0 bridgehead atoms. The molecule has 0 amide bonds. The Bertz CT molecular complexity index is 310. The van der Waals surface area contributed by atoms with Gasteiger partial charge in [-0.05, 0) is 37.1 Å². The molecule has 3 nitrogen and oxygen atoms in total. The molecule has 1 aliphatic carbocycles. The van der Waals surface area contributed by atoms with Crippen molar-refractivity contribution in [3.8, 4) is 0 Å². The molecule has 1 saturated carbocycles. The smallest absolute Gasteiger partial charge is 0.0478 e. The van der Waals surface area contributed by atoms with E-state index in [1.807, 2.05) is 24.3 Å². The summed E-state index contributed by atoms with van der Waals surface area (Å²) in [4.78, 5) is 0. The standard InChI is InChI=1S/C12H18N2O/c13-10-4-6-11(7-5-10)14-12-3-1-2-9(12)8-15/h4-7,9,12,14-15H,1-3,8,13H2. The fraction of sp³-hybridized carbons (Fsp3) is 0.500. The summed E-state index contributed by atoms with van der Waals surface area (Å²) >= 11 is 0. The highest BCUT2D eigenvalue weighted by atomic mass is 16.3. The van der Waals surface area contributed by atoms with E-state index in [2.05, 4.69) is 5.32 Å². The molecule has 2 unspecified atom stereocenters. The first-order valence-electron chi connectivity index (χ1n) is 5.52. The molecule has 0 saturated heterocycles. The first-order valence-corrected chi connectivity index (χ1v) is 5.52. The molecule has 0 spiro atoms. The number of aliphatic hydroxyl groups excluding tert-OH is 1. The van der Waals surface area contributed by atoms with Crippen molar-refractivity contribution < 1.29 is 5.11 Å². The molecule has 0 aromatic heterocycles. The summed E-state index contributed by atoms with van der Waals surface area (Å²) in [5.41, 5.74) is 7.50. The number of nitrogen functional groups attached to an aromatic ring is 1. The van der Waals surface area contributed by atoms with Crippen LogP contribution in [0.15, 0.2) is 24.3 Å². The molecule has 82 valence electrons. The molecular formula is C12H18N2O. The molecule has 0 radical (unpaired) electrons. The Kier molecular flexibility index (Phi) is 3.11. The van der Waals surface area contributed by atoms with Gasteiger partial charge >= 0.3 is 0 Å². The number of rotatable bonds is 3. The molecule has 4 N–H and O–H groups in total. The van der Waals surface area contributed by atoms with Crippen molar-refractivity contribution in [3.63, 3.8) is 0 Å². The van der Waals surface area contributed by atoms with Crippen LogP contribution in [-0.4, -0.2) is 17.8 Å².